The molecule has 2 aromatic heterocycles. The molecule has 2 aromatic rings. The van der Waals surface area contributed by atoms with Gasteiger partial charge in [-0.15, -0.1) is 11.3 Å². The third-order valence-corrected chi connectivity index (χ3v) is 4.32. The lowest BCUT2D eigenvalue weighted by Gasteiger charge is -2.01. The van der Waals surface area contributed by atoms with Crippen molar-refractivity contribution >= 4 is 51.1 Å². The van der Waals surface area contributed by atoms with E-state index >= 15 is 0 Å². The molecule has 0 aliphatic carbocycles. The topological polar surface area (TPSA) is 126 Å². The van der Waals surface area contributed by atoms with Gasteiger partial charge >= 0.3 is 11.9 Å². The number of hydrogen-bond donors (Lipinski definition) is 3. The first kappa shape index (κ1) is 13.6. The molecule has 0 aliphatic heterocycles. The highest BCUT2D eigenvalue weighted by Crippen LogP contribution is 2.33. The van der Waals surface area contributed by atoms with Gasteiger partial charge in [-0.25, -0.2) is 14.8 Å². The third-order valence-electron chi connectivity index (χ3n) is 2.32. The Morgan fingerprint density at radius 3 is 2.63 bits per heavy atom. The highest BCUT2D eigenvalue weighted by Gasteiger charge is 2.19. The summed E-state index contributed by atoms with van der Waals surface area (Å²) >= 11 is 1.94. The van der Waals surface area contributed by atoms with E-state index in [0.29, 0.717) is 15.8 Å². The summed E-state index contributed by atoms with van der Waals surface area (Å²) in [5, 5.41) is 18.4. The fraction of sp³-hybridized carbons (Fsp3) is 0.200. The number of thioether (sulfide) groups is 1. The molecule has 0 unspecified atom stereocenters. The Morgan fingerprint density at radius 1 is 1.37 bits per heavy atom. The SMILES string of the molecule is Cc1c(C(=O)O)sc2nc(SCC(=O)O)nc(N)c12. The van der Waals surface area contributed by atoms with Crippen molar-refractivity contribution in [3.05, 3.63) is 10.4 Å². The van der Waals surface area contributed by atoms with E-state index in [2.05, 4.69) is 9.97 Å². The van der Waals surface area contributed by atoms with E-state index in [9.17, 15) is 9.59 Å². The van der Waals surface area contributed by atoms with Gasteiger partial charge in [-0.3, -0.25) is 4.79 Å². The number of anilines is 1. The molecule has 0 amide bonds. The molecule has 0 atom stereocenters. The van der Waals surface area contributed by atoms with Crippen LogP contribution in [0.25, 0.3) is 10.2 Å². The van der Waals surface area contributed by atoms with E-state index in [1.807, 2.05) is 0 Å². The van der Waals surface area contributed by atoms with Gasteiger partial charge in [-0.05, 0) is 12.5 Å². The molecular formula is C10H9N3O4S2. The number of nitrogens with two attached hydrogens (primary N) is 1. The minimum atomic E-state index is -1.04. The van der Waals surface area contributed by atoms with Crippen molar-refractivity contribution in [2.24, 2.45) is 0 Å². The van der Waals surface area contributed by atoms with Gasteiger partial charge in [0, 0.05) is 0 Å². The minimum absolute atomic E-state index is 0.163. The first-order valence-corrected chi connectivity index (χ1v) is 6.85. The van der Waals surface area contributed by atoms with Crippen molar-refractivity contribution < 1.29 is 19.8 Å². The van der Waals surface area contributed by atoms with E-state index < -0.39 is 11.9 Å². The first-order chi connectivity index (χ1) is 8.90. The molecule has 0 spiro atoms. The van der Waals surface area contributed by atoms with Crippen LogP contribution in [0.5, 0.6) is 0 Å². The Bertz CT molecular complexity index is 683. The monoisotopic (exact) mass is 299 g/mol. The Hall–Kier alpha value is -1.87. The van der Waals surface area contributed by atoms with Crippen molar-refractivity contribution in [1.29, 1.82) is 0 Å². The van der Waals surface area contributed by atoms with Crippen LogP contribution < -0.4 is 5.73 Å². The molecule has 0 radical (unpaired) electrons. The third kappa shape index (κ3) is 2.61. The number of nitrogen functional groups attached to an aromatic ring is 1. The number of carboxylic acids is 2. The van der Waals surface area contributed by atoms with Crippen LogP contribution in [0.15, 0.2) is 5.16 Å². The summed E-state index contributed by atoms with van der Waals surface area (Å²) in [6.07, 6.45) is 0. The summed E-state index contributed by atoms with van der Waals surface area (Å²) in [7, 11) is 0. The van der Waals surface area contributed by atoms with Crippen LogP contribution in [-0.4, -0.2) is 37.9 Å². The number of carboxylic acid groups (broad SMARTS) is 2. The number of hydrogen-bond acceptors (Lipinski definition) is 7. The van der Waals surface area contributed by atoms with Crippen LogP contribution in [0.1, 0.15) is 15.2 Å². The second-order valence-electron chi connectivity index (χ2n) is 3.62. The molecule has 2 rings (SSSR count). The average Bonchev–Trinajstić information content (AvgIpc) is 2.64. The van der Waals surface area contributed by atoms with Crippen LogP contribution in [0.2, 0.25) is 0 Å². The number of aromatic nitrogens is 2. The highest BCUT2D eigenvalue weighted by molar-refractivity contribution is 7.99. The lowest BCUT2D eigenvalue weighted by molar-refractivity contribution is -0.133. The van der Waals surface area contributed by atoms with Gasteiger partial charge in [-0.1, -0.05) is 11.8 Å². The van der Waals surface area contributed by atoms with Gasteiger partial charge in [0.1, 0.15) is 15.5 Å². The fourth-order valence-electron chi connectivity index (χ4n) is 1.54. The molecule has 9 heteroatoms. The van der Waals surface area contributed by atoms with Crippen LogP contribution >= 0.6 is 23.1 Å². The Kier molecular flexibility index (Phi) is 3.58. The van der Waals surface area contributed by atoms with E-state index in [4.69, 9.17) is 15.9 Å². The maximum absolute atomic E-state index is 11.0. The second-order valence-corrected chi connectivity index (χ2v) is 5.56. The molecule has 0 aromatic carbocycles. The molecule has 7 nitrogen and oxygen atoms in total. The summed E-state index contributed by atoms with van der Waals surface area (Å²) in [5.74, 6) is -2.04. The molecule has 0 saturated heterocycles. The number of aliphatic carboxylic acids is 1. The molecular weight excluding hydrogens is 290 g/mol. The standard InChI is InChI=1S/C10H9N3O4S2/c1-3-5-7(11)12-10(18-2-4(14)15)13-8(5)19-6(3)9(16)17/h2H2,1H3,(H,14,15)(H,16,17)(H2,11,12,13). The van der Waals surface area contributed by atoms with E-state index in [1.165, 1.54) is 0 Å². The number of fused-ring (bicyclic) bond motifs is 1. The number of nitrogens with zero attached hydrogens (tertiary/aromatic N) is 2. The van der Waals surface area contributed by atoms with Crippen molar-refractivity contribution in [2.45, 2.75) is 12.1 Å². The van der Waals surface area contributed by atoms with Crippen molar-refractivity contribution in [3.63, 3.8) is 0 Å². The van der Waals surface area contributed by atoms with Crippen LogP contribution in [0.3, 0.4) is 0 Å². The van der Waals surface area contributed by atoms with Gasteiger partial charge in [0.25, 0.3) is 0 Å². The van der Waals surface area contributed by atoms with Crippen LogP contribution in [0, 0.1) is 6.92 Å². The molecule has 0 aliphatic rings. The van der Waals surface area contributed by atoms with Crippen LogP contribution in [-0.2, 0) is 4.79 Å². The summed E-state index contributed by atoms with van der Waals surface area (Å²) < 4.78 is 0. The maximum Gasteiger partial charge on any atom is 0.346 e. The highest BCUT2D eigenvalue weighted by atomic mass is 32.2. The summed E-state index contributed by atoms with van der Waals surface area (Å²) in [6, 6.07) is 0. The fourth-order valence-corrected chi connectivity index (χ4v) is 3.20. The number of thiophene rings is 1. The normalized spacial score (nSPS) is 10.8. The van der Waals surface area contributed by atoms with Gasteiger partial charge < -0.3 is 15.9 Å². The molecule has 19 heavy (non-hydrogen) atoms. The molecule has 0 fully saturated rings. The number of carbonyl (C=O) groups is 2. The predicted molar refractivity (Wildman–Crippen MR) is 71.9 cm³/mol. The smallest absolute Gasteiger partial charge is 0.346 e. The van der Waals surface area contributed by atoms with Crippen LogP contribution in [0.4, 0.5) is 5.82 Å². The summed E-state index contributed by atoms with van der Waals surface area (Å²) in [5.41, 5.74) is 6.31. The molecule has 2 heterocycles. The minimum Gasteiger partial charge on any atom is -0.481 e. The lowest BCUT2D eigenvalue weighted by atomic mass is 10.2. The van der Waals surface area contributed by atoms with Gasteiger partial charge in [0.15, 0.2) is 5.16 Å². The Morgan fingerprint density at radius 2 is 2.05 bits per heavy atom. The summed E-state index contributed by atoms with van der Waals surface area (Å²) in [4.78, 5) is 30.3. The van der Waals surface area contributed by atoms with E-state index in [-0.39, 0.29) is 21.6 Å². The Balaban J connectivity index is 2.51. The average molecular weight is 299 g/mol. The van der Waals surface area contributed by atoms with E-state index in [0.717, 1.165) is 23.1 Å². The summed E-state index contributed by atoms with van der Waals surface area (Å²) in [6.45, 7) is 1.64. The second kappa shape index (κ2) is 5.02. The Labute approximate surface area is 115 Å². The van der Waals surface area contributed by atoms with Gasteiger partial charge in [0.2, 0.25) is 0 Å². The molecule has 4 N–H and O–H groups in total. The molecule has 0 bridgehead atoms. The zero-order valence-electron chi connectivity index (χ0n) is 9.71. The van der Waals surface area contributed by atoms with Crippen molar-refractivity contribution in [3.8, 4) is 0 Å². The maximum atomic E-state index is 11.0. The van der Waals surface area contributed by atoms with Crippen molar-refractivity contribution in [1.82, 2.24) is 9.97 Å². The zero-order valence-corrected chi connectivity index (χ0v) is 11.3. The predicted octanol–water partition coefficient (Wildman–Crippen LogP) is 1.46. The van der Waals surface area contributed by atoms with Gasteiger partial charge in [-0.2, -0.15) is 0 Å². The van der Waals surface area contributed by atoms with Crippen molar-refractivity contribution in [2.75, 3.05) is 11.5 Å². The largest absolute Gasteiger partial charge is 0.481 e. The number of aromatic carboxylic acids is 1. The first-order valence-electron chi connectivity index (χ1n) is 5.04. The van der Waals surface area contributed by atoms with E-state index in [1.54, 1.807) is 6.92 Å². The number of aryl methyl sites for hydroxylation is 1. The number of rotatable bonds is 4. The van der Waals surface area contributed by atoms with Gasteiger partial charge in [0.05, 0.1) is 11.1 Å². The quantitative estimate of drug-likeness (QED) is 0.572. The molecule has 0 saturated carbocycles. The lowest BCUT2D eigenvalue weighted by Crippen LogP contribution is -2.01. The molecule has 100 valence electrons. The zero-order chi connectivity index (χ0) is 14.2.